The zero-order valence-corrected chi connectivity index (χ0v) is 19.6. The second kappa shape index (κ2) is 10.4. The van der Waals surface area contributed by atoms with Gasteiger partial charge in [0.2, 0.25) is 0 Å². The minimum absolute atomic E-state index is 0.132. The van der Waals surface area contributed by atoms with E-state index >= 15 is 0 Å². The van der Waals surface area contributed by atoms with Gasteiger partial charge in [0.1, 0.15) is 18.2 Å². The zero-order valence-electron chi connectivity index (χ0n) is 18.1. The van der Waals surface area contributed by atoms with Crippen LogP contribution in [0.3, 0.4) is 0 Å². The first-order chi connectivity index (χ1) is 16.4. The summed E-state index contributed by atoms with van der Waals surface area (Å²) in [7, 11) is 1.58. The number of halogens is 3. The maximum atomic E-state index is 13.8. The summed E-state index contributed by atoms with van der Waals surface area (Å²) in [5.74, 6) is -0.688. The minimum atomic E-state index is -1.03. The zero-order chi connectivity index (χ0) is 24.2. The molecule has 4 rings (SSSR count). The van der Waals surface area contributed by atoms with E-state index in [1.54, 1.807) is 43.5 Å². The molecule has 176 valence electrons. The van der Waals surface area contributed by atoms with E-state index < -0.39 is 23.9 Å². The van der Waals surface area contributed by atoms with Gasteiger partial charge in [-0.3, -0.25) is 14.5 Å². The monoisotopic (exact) mass is 502 g/mol. The van der Waals surface area contributed by atoms with Gasteiger partial charge in [0.05, 0.1) is 18.2 Å². The molecular weight excluding hydrogens is 482 g/mol. The topological polar surface area (TPSA) is 67.9 Å². The number of rotatable bonds is 6. The Kier molecular flexibility index (Phi) is 7.36. The van der Waals surface area contributed by atoms with Gasteiger partial charge in [0, 0.05) is 17.3 Å². The largest absolute Gasteiger partial charge is 0.497 e. The lowest BCUT2D eigenvalue weighted by molar-refractivity contribution is -0.144. The highest BCUT2D eigenvalue weighted by atomic mass is 35.5. The predicted octanol–water partition coefficient (Wildman–Crippen LogP) is 4.93. The van der Waals surface area contributed by atoms with Crippen LogP contribution in [-0.4, -0.2) is 31.6 Å². The fourth-order valence-corrected chi connectivity index (χ4v) is 4.09. The first kappa shape index (κ1) is 24.0. The molecule has 1 heterocycles. The van der Waals surface area contributed by atoms with Crippen molar-refractivity contribution >= 4 is 40.7 Å². The molecule has 1 saturated heterocycles. The van der Waals surface area contributed by atoms with E-state index in [0.29, 0.717) is 22.0 Å². The summed E-state index contributed by atoms with van der Waals surface area (Å²) >= 11 is 12.0. The van der Waals surface area contributed by atoms with Gasteiger partial charge in [-0.05, 0) is 53.6 Å². The van der Waals surface area contributed by atoms with Gasteiger partial charge in [-0.15, -0.1) is 0 Å². The summed E-state index contributed by atoms with van der Waals surface area (Å²) in [5.41, 5.74) is 1.85. The van der Waals surface area contributed by atoms with Crippen LogP contribution in [0.4, 0.5) is 10.1 Å². The van der Waals surface area contributed by atoms with Gasteiger partial charge in [-0.2, -0.15) is 0 Å². The van der Waals surface area contributed by atoms with Gasteiger partial charge in [-0.1, -0.05) is 47.5 Å². The molecule has 3 aromatic rings. The fourth-order valence-electron chi connectivity index (χ4n) is 3.79. The molecule has 0 spiro atoms. The van der Waals surface area contributed by atoms with Gasteiger partial charge in [-0.25, -0.2) is 4.39 Å². The molecule has 1 N–H and O–H groups in total. The number of benzene rings is 3. The Bertz CT molecular complexity index is 1190. The molecule has 9 heteroatoms. The van der Waals surface area contributed by atoms with Crippen LogP contribution < -0.4 is 15.0 Å². The standard InChI is InChI=1S/C25H21Cl2FN2O4/c1-33-19-9-2-15(3-10-19)13-29-25(32)24-23(16-4-6-17(26)7-5-16)30(22(31)14-34-24)18-8-11-21(28)20(27)12-18/h2-12,23-24H,13-14H2,1H3,(H,29,32)/t23-,24+/m1/s1. The Labute approximate surface area is 206 Å². The number of anilines is 1. The first-order valence-electron chi connectivity index (χ1n) is 10.4. The van der Waals surface area contributed by atoms with E-state index in [9.17, 15) is 14.0 Å². The summed E-state index contributed by atoms with van der Waals surface area (Å²) in [4.78, 5) is 27.6. The van der Waals surface area contributed by atoms with Crippen LogP contribution in [0.1, 0.15) is 17.2 Å². The third-order valence-electron chi connectivity index (χ3n) is 5.50. The van der Waals surface area contributed by atoms with Crippen molar-refractivity contribution < 1.29 is 23.5 Å². The molecule has 0 aromatic heterocycles. The second-order valence-corrected chi connectivity index (χ2v) is 8.50. The Morgan fingerprint density at radius 2 is 1.82 bits per heavy atom. The molecular formula is C25H21Cl2FN2O4. The predicted molar refractivity (Wildman–Crippen MR) is 128 cm³/mol. The number of ether oxygens (including phenoxy) is 2. The number of hydrogen-bond acceptors (Lipinski definition) is 4. The number of carbonyl (C=O) groups excluding carboxylic acids is 2. The van der Waals surface area contributed by atoms with Crippen LogP contribution in [0.5, 0.6) is 5.75 Å². The van der Waals surface area contributed by atoms with Gasteiger partial charge in [0.15, 0.2) is 6.10 Å². The van der Waals surface area contributed by atoms with Crippen molar-refractivity contribution in [1.29, 1.82) is 0 Å². The average Bonchev–Trinajstić information content (AvgIpc) is 2.85. The molecule has 1 fully saturated rings. The Morgan fingerprint density at radius 3 is 2.47 bits per heavy atom. The van der Waals surface area contributed by atoms with Crippen molar-refractivity contribution in [2.45, 2.75) is 18.7 Å². The third-order valence-corrected chi connectivity index (χ3v) is 6.04. The molecule has 2 amide bonds. The summed E-state index contributed by atoms with van der Waals surface area (Å²) in [6, 6.07) is 17.2. The van der Waals surface area contributed by atoms with Crippen molar-refractivity contribution in [3.05, 3.63) is 93.7 Å². The van der Waals surface area contributed by atoms with Crippen molar-refractivity contribution in [3.8, 4) is 5.75 Å². The van der Waals surface area contributed by atoms with Gasteiger partial charge in [0.25, 0.3) is 11.8 Å². The van der Waals surface area contributed by atoms with Gasteiger partial charge < -0.3 is 14.8 Å². The SMILES string of the molecule is COc1ccc(CNC(=O)[C@H]2OCC(=O)N(c3ccc(F)c(Cl)c3)[C@@H]2c2ccc(Cl)cc2)cc1. The van der Waals surface area contributed by atoms with E-state index in [1.165, 1.54) is 23.1 Å². The molecule has 0 aliphatic carbocycles. The summed E-state index contributed by atoms with van der Waals surface area (Å²) in [6.07, 6.45) is -1.03. The maximum Gasteiger partial charge on any atom is 0.253 e. The number of morpholine rings is 1. The van der Waals surface area contributed by atoms with E-state index in [2.05, 4.69) is 5.32 Å². The van der Waals surface area contributed by atoms with Crippen molar-refractivity contribution in [2.24, 2.45) is 0 Å². The molecule has 3 aromatic carbocycles. The molecule has 1 aliphatic rings. The second-order valence-electron chi connectivity index (χ2n) is 7.66. The smallest absolute Gasteiger partial charge is 0.253 e. The van der Waals surface area contributed by atoms with Crippen LogP contribution in [0.25, 0.3) is 0 Å². The summed E-state index contributed by atoms with van der Waals surface area (Å²) < 4.78 is 24.7. The molecule has 0 radical (unpaired) electrons. The molecule has 1 aliphatic heterocycles. The first-order valence-corrected chi connectivity index (χ1v) is 11.2. The summed E-state index contributed by atoms with van der Waals surface area (Å²) in [5, 5.41) is 3.24. The fraction of sp³-hybridized carbons (Fsp3) is 0.200. The number of nitrogens with one attached hydrogen (secondary N) is 1. The van der Waals surface area contributed by atoms with E-state index in [4.69, 9.17) is 32.7 Å². The van der Waals surface area contributed by atoms with Crippen LogP contribution in [-0.2, 0) is 20.9 Å². The van der Waals surface area contributed by atoms with Crippen LogP contribution in [0.15, 0.2) is 66.7 Å². The van der Waals surface area contributed by atoms with E-state index in [1.807, 2.05) is 12.1 Å². The molecule has 2 atom stereocenters. The number of amides is 2. The molecule has 0 bridgehead atoms. The minimum Gasteiger partial charge on any atom is -0.497 e. The van der Waals surface area contributed by atoms with Crippen LogP contribution in [0.2, 0.25) is 10.0 Å². The molecule has 0 unspecified atom stereocenters. The van der Waals surface area contributed by atoms with E-state index in [-0.39, 0.29) is 24.1 Å². The number of hydrogen-bond donors (Lipinski definition) is 1. The molecule has 0 saturated carbocycles. The van der Waals surface area contributed by atoms with Gasteiger partial charge >= 0.3 is 0 Å². The molecule has 6 nitrogen and oxygen atoms in total. The quantitative estimate of drug-likeness (QED) is 0.518. The van der Waals surface area contributed by atoms with Crippen molar-refractivity contribution in [3.63, 3.8) is 0 Å². The highest BCUT2D eigenvalue weighted by Crippen LogP contribution is 2.36. The Balaban J connectivity index is 1.65. The van der Waals surface area contributed by atoms with Crippen molar-refractivity contribution in [2.75, 3.05) is 18.6 Å². The Morgan fingerprint density at radius 1 is 1.12 bits per heavy atom. The van der Waals surface area contributed by atoms with Crippen molar-refractivity contribution in [1.82, 2.24) is 5.32 Å². The average molecular weight is 503 g/mol. The summed E-state index contributed by atoms with van der Waals surface area (Å²) in [6.45, 7) is -0.0634. The van der Waals surface area contributed by atoms with Crippen LogP contribution >= 0.6 is 23.2 Å². The van der Waals surface area contributed by atoms with E-state index in [0.717, 1.165) is 5.56 Å². The molecule has 34 heavy (non-hydrogen) atoms. The number of nitrogens with zero attached hydrogens (tertiary/aromatic N) is 1. The highest BCUT2D eigenvalue weighted by Gasteiger charge is 2.42. The third kappa shape index (κ3) is 5.17. The van der Waals surface area contributed by atoms with Crippen LogP contribution in [0, 0.1) is 5.82 Å². The highest BCUT2D eigenvalue weighted by molar-refractivity contribution is 6.31. The lowest BCUT2D eigenvalue weighted by Gasteiger charge is -2.40. The maximum absolute atomic E-state index is 13.8. The lowest BCUT2D eigenvalue weighted by atomic mass is 9.96. The number of carbonyl (C=O) groups is 2. The normalized spacial score (nSPS) is 18.0. The number of methoxy groups -OCH3 is 1. The lowest BCUT2D eigenvalue weighted by Crippen LogP contribution is -2.54. The Hall–Kier alpha value is -3.13.